The second-order valence-electron chi connectivity index (χ2n) is 4.43. The first-order valence-corrected chi connectivity index (χ1v) is 7.15. The smallest absolute Gasteiger partial charge is 0.340 e. The molecule has 1 heterocycles. The number of aromatic nitrogens is 1. The molecule has 1 aromatic carbocycles. The molecule has 0 unspecified atom stereocenters. The van der Waals surface area contributed by atoms with Crippen LogP contribution in [0.3, 0.4) is 0 Å². The fourth-order valence-corrected chi connectivity index (χ4v) is 1.91. The van der Waals surface area contributed by atoms with Gasteiger partial charge in [0, 0.05) is 24.0 Å². The van der Waals surface area contributed by atoms with E-state index in [0.29, 0.717) is 0 Å². The number of halogens is 2. The Labute approximate surface area is 145 Å². The molecule has 0 radical (unpaired) electrons. The Morgan fingerprint density at radius 2 is 2.04 bits per heavy atom. The lowest BCUT2D eigenvalue weighted by molar-refractivity contribution is -0.384. The van der Waals surface area contributed by atoms with Gasteiger partial charge in [-0.3, -0.25) is 14.9 Å². The number of nitrogens with zero attached hydrogens (tertiary/aromatic N) is 2. The highest BCUT2D eigenvalue weighted by molar-refractivity contribution is 6.41. The van der Waals surface area contributed by atoms with Crippen molar-refractivity contribution in [2.24, 2.45) is 0 Å². The Morgan fingerprint density at radius 1 is 1.29 bits per heavy atom. The van der Waals surface area contributed by atoms with E-state index in [-0.39, 0.29) is 27.1 Å². The molecule has 0 aliphatic carbocycles. The van der Waals surface area contributed by atoms with Crippen LogP contribution in [-0.2, 0) is 9.53 Å². The van der Waals surface area contributed by atoms with Crippen LogP contribution < -0.4 is 5.32 Å². The molecule has 0 bridgehead atoms. The largest absolute Gasteiger partial charge is 0.452 e. The van der Waals surface area contributed by atoms with Crippen LogP contribution in [0.4, 0.5) is 11.4 Å². The van der Waals surface area contributed by atoms with Crippen molar-refractivity contribution >= 4 is 46.5 Å². The molecule has 0 atom stereocenters. The topological polar surface area (TPSA) is 111 Å². The number of hydrogen-bond donors (Lipinski definition) is 1. The van der Waals surface area contributed by atoms with Gasteiger partial charge < -0.3 is 10.1 Å². The quantitative estimate of drug-likeness (QED) is 0.375. The van der Waals surface area contributed by atoms with E-state index in [1.54, 1.807) is 0 Å². The van der Waals surface area contributed by atoms with Gasteiger partial charge in [-0.15, -0.1) is 0 Å². The summed E-state index contributed by atoms with van der Waals surface area (Å²) in [5, 5.41) is 13.2. The minimum Gasteiger partial charge on any atom is -0.452 e. The highest BCUT2D eigenvalue weighted by Gasteiger charge is 2.13. The summed E-state index contributed by atoms with van der Waals surface area (Å²) in [5.74, 6) is -1.47. The number of esters is 1. The van der Waals surface area contributed by atoms with Crippen LogP contribution in [-0.4, -0.2) is 28.4 Å². The van der Waals surface area contributed by atoms with Gasteiger partial charge in [0.15, 0.2) is 6.61 Å². The van der Waals surface area contributed by atoms with E-state index in [0.717, 1.165) is 6.20 Å². The summed E-state index contributed by atoms with van der Waals surface area (Å²) in [7, 11) is 0. The molecule has 2 rings (SSSR count). The molecule has 24 heavy (non-hydrogen) atoms. The van der Waals surface area contributed by atoms with Gasteiger partial charge in [0.1, 0.15) is 5.15 Å². The van der Waals surface area contributed by atoms with Gasteiger partial charge >= 0.3 is 5.97 Å². The van der Waals surface area contributed by atoms with Crippen molar-refractivity contribution in [3.05, 3.63) is 62.4 Å². The van der Waals surface area contributed by atoms with Crippen molar-refractivity contribution in [3.63, 3.8) is 0 Å². The van der Waals surface area contributed by atoms with Gasteiger partial charge in [0.05, 0.1) is 15.5 Å². The Hall–Kier alpha value is -2.71. The molecule has 0 saturated heterocycles. The predicted molar refractivity (Wildman–Crippen MR) is 86.3 cm³/mol. The highest BCUT2D eigenvalue weighted by Crippen LogP contribution is 2.20. The first kappa shape index (κ1) is 17.6. The molecule has 1 amide bonds. The fraction of sp³-hybridized carbons (Fsp3) is 0.0714. The maximum absolute atomic E-state index is 11.8. The number of hydrogen-bond acceptors (Lipinski definition) is 6. The van der Waals surface area contributed by atoms with Crippen molar-refractivity contribution in [1.29, 1.82) is 0 Å². The summed E-state index contributed by atoms with van der Waals surface area (Å²) in [4.78, 5) is 37.3. The van der Waals surface area contributed by atoms with Gasteiger partial charge in [0.25, 0.3) is 11.6 Å². The Balaban J connectivity index is 1.93. The van der Waals surface area contributed by atoms with Crippen LogP contribution in [0.1, 0.15) is 10.4 Å². The highest BCUT2D eigenvalue weighted by atomic mass is 35.5. The summed E-state index contributed by atoms with van der Waals surface area (Å²) < 4.78 is 4.81. The molecule has 1 N–H and O–H groups in total. The normalized spacial score (nSPS) is 10.1. The number of amides is 1. The number of nitro groups is 1. The second kappa shape index (κ2) is 7.71. The van der Waals surface area contributed by atoms with Gasteiger partial charge in [-0.1, -0.05) is 29.3 Å². The number of rotatable bonds is 5. The van der Waals surface area contributed by atoms with Gasteiger partial charge in [-0.25, -0.2) is 9.78 Å². The van der Waals surface area contributed by atoms with Crippen molar-refractivity contribution in [1.82, 2.24) is 4.98 Å². The van der Waals surface area contributed by atoms with Crippen molar-refractivity contribution in [3.8, 4) is 0 Å². The summed E-state index contributed by atoms with van der Waals surface area (Å²) in [6.07, 6.45) is 1.16. The number of non-ortho nitro benzene ring substituents is 1. The first-order chi connectivity index (χ1) is 11.4. The maximum Gasteiger partial charge on any atom is 0.340 e. The van der Waals surface area contributed by atoms with Gasteiger partial charge in [-0.2, -0.15) is 0 Å². The van der Waals surface area contributed by atoms with Crippen molar-refractivity contribution < 1.29 is 19.2 Å². The maximum atomic E-state index is 11.8. The van der Waals surface area contributed by atoms with E-state index in [9.17, 15) is 19.7 Å². The van der Waals surface area contributed by atoms with E-state index < -0.39 is 23.4 Å². The average Bonchev–Trinajstić information content (AvgIpc) is 2.55. The van der Waals surface area contributed by atoms with Crippen LogP contribution in [0.25, 0.3) is 0 Å². The third-order valence-electron chi connectivity index (χ3n) is 2.71. The van der Waals surface area contributed by atoms with E-state index in [1.807, 2.05) is 0 Å². The van der Waals surface area contributed by atoms with E-state index in [2.05, 4.69) is 10.3 Å². The minimum atomic E-state index is -0.810. The molecule has 0 aliphatic rings. The molecule has 0 saturated carbocycles. The SMILES string of the molecule is O=C(COC(=O)c1cnc(Cl)c(Cl)c1)Nc1cccc([N+](=O)[O-])c1. The number of carbonyl (C=O) groups excluding carboxylic acids is 2. The lowest BCUT2D eigenvalue weighted by Crippen LogP contribution is -2.21. The number of pyridine rings is 1. The molecule has 8 nitrogen and oxygen atoms in total. The summed E-state index contributed by atoms with van der Waals surface area (Å²) in [5.41, 5.74) is 0.0701. The summed E-state index contributed by atoms with van der Waals surface area (Å²) in [6.45, 7) is -0.582. The fourth-order valence-electron chi connectivity index (χ4n) is 1.64. The van der Waals surface area contributed by atoms with Crippen LogP contribution in [0.5, 0.6) is 0 Å². The number of ether oxygens (including phenoxy) is 1. The molecular formula is C14H9Cl2N3O5. The number of nitro benzene ring substituents is 1. The number of carbonyl (C=O) groups is 2. The van der Waals surface area contributed by atoms with Crippen LogP contribution in [0.15, 0.2) is 36.5 Å². The van der Waals surface area contributed by atoms with Crippen LogP contribution >= 0.6 is 23.2 Å². The Morgan fingerprint density at radius 3 is 2.71 bits per heavy atom. The minimum absolute atomic E-state index is 0.0348. The molecule has 0 aliphatic heterocycles. The lowest BCUT2D eigenvalue weighted by atomic mass is 10.3. The van der Waals surface area contributed by atoms with E-state index in [1.165, 1.54) is 30.3 Å². The van der Waals surface area contributed by atoms with Gasteiger partial charge in [0.2, 0.25) is 0 Å². The van der Waals surface area contributed by atoms with Crippen LogP contribution in [0, 0.1) is 10.1 Å². The van der Waals surface area contributed by atoms with Crippen LogP contribution in [0.2, 0.25) is 10.2 Å². The molecule has 0 spiro atoms. The zero-order valence-corrected chi connectivity index (χ0v) is 13.4. The Bertz CT molecular complexity index is 813. The molecular weight excluding hydrogens is 361 g/mol. The Kier molecular flexibility index (Phi) is 5.67. The second-order valence-corrected chi connectivity index (χ2v) is 5.19. The van der Waals surface area contributed by atoms with Gasteiger partial charge in [-0.05, 0) is 12.1 Å². The van der Waals surface area contributed by atoms with E-state index >= 15 is 0 Å². The zero-order chi connectivity index (χ0) is 17.7. The molecule has 124 valence electrons. The number of anilines is 1. The van der Waals surface area contributed by atoms with Crippen molar-refractivity contribution in [2.45, 2.75) is 0 Å². The molecule has 1 aromatic heterocycles. The molecule has 10 heteroatoms. The van der Waals surface area contributed by atoms with E-state index in [4.69, 9.17) is 27.9 Å². The number of nitrogens with one attached hydrogen (secondary N) is 1. The lowest BCUT2D eigenvalue weighted by Gasteiger charge is -2.07. The monoisotopic (exact) mass is 369 g/mol. The average molecular weight is 370 g/mol. The van der Waals surface area contributed by atoms with Crippen molar-refractivity contribution in [2.75, 3.05) is 11.9 Å². The predicted octanol–water partition coefficient (Wildman–Crippen LogP) is 3.09. The summed E-state index contributed by atoms with van der Waals surface area (Å²) >= 11 is 11.4. The molecule has 2 aromatic rings. The summed E-state index contributed by atoms with van der Waals surface area (Å²) in [6, 6.07) is 6.62. The number of benzene rings is 1. The standard InChI is InChI=1S/C14H9Cl2N3O5/c15-11-4-8(6-17-13(11)16)14(21)24-7-12(20)18-9-2-1-3-10(5-9)19(22)23/h1-6H,7H2,(H,18,20). The third kappa shape index (κ3) is 4.64. The third-order valence-corrected chi connectivity index (χ3v) is 3.39. The molecule has 0 fully saturated rings. The zero-order valence-electron chi connectivity index (χ0n) is 11.9. The first-order valence-electron chi connectivity index (χ1n) is 6.39.